The summed E-state index contributed by atoms with van der Waals surface area (Å²) in [6, 6.07) is 0. The molecule has 1 heterocycles. The van der Waals surface area contributed by atoms with Crippen molar-refractivity contribution >= 4 is 12.2 Å². The van der Waals surface area contributed by atoms with E-state index in [1.54, 1.807) is 13.1 Å². The molecule has 0 aromatic carbocycles. The highest BCUT2D eigenvalue weighted by Crippen LogP contribution is 2.17. The molecule has 1 N–H and O–H groups in total. The van der Waals surface area contributed by atoms with Crippen LogP contribution in [0.4, 0.5) is 0 Å². The number of oxime groups is 1. The summed E-state index contributed by atoms with van der Waals surface area (Å²) in [6.45, 7) is 8.20. The van der Waals surface area contributed by atoms with Crippen molar-refractivity contribution in [3.63, 3.8) is 0 Å². The van der Waals surface area contributed by atoms with Gasteiger partial charge in [-0.3, -0.25) is 0 Å². The van der Waals surface area contributed by atoms with Crippen molar-refractivity contribution in [2.75, 3.05) is 13.2 Å². The second-order valence-electron chi connectivity index (χ2n) is 3.54. The van der Waals surface area contributed by atoms with E-state index < -0.39 is 0 Å². The molecule has 5 nitrogen and oxygen atoms in total. The normalized spacial score (nSPS) is 10.8. The maximum atomic E-state index is 11.7. The molecule has 0 spiro atoms. The van der Waals surface area contributed by atoms with Gasteiger partial charge in [0.15, 0.2) is 0 Å². The van der Waals surface area contributed by atoms with Crippen molar-refractivity contribution in [3.05, 3.63) is 22.5 Å². The number of esters is 1. The minimum Gasteiger partial charge on any atom is -0.462 e. The van der Waals surface area contributed by atoms with Crippen molar-refractivity contribution in [2.24, 2.45) is 5.16 Å². The van der Waals surface area contributed by atoms with Crippen LogP contribution < -0.4 is 0 Å². The average Bonchev–Trinajstić information content (AvgIpc) is 2.55. The highest BCUT2D eigenvalue weighted by atomic mass is 16.6. The summed E-state index contributed by atoms with van der Waals surface area (Å²) in [5.74, 6) is -0.310. The molecule has 5 heteroatoms. The number of carbonyl (C=O) groups excluding carboxylic acids is 1. The van der Waals surface area contributed by atoms with Crippen LogP contribution in [0, 0.1) is 13.8 Å². The topological polar surface area (TPSA) is 63.7 Å². The average molecular weight is 238 g/mol. The van der Waals surface area contributed by atoms with Crippen LogP contribution in [0.25, 0.3) is 0 Å². The Morgan fingerprint density at radius 1 is 1.35 bits per heavy atom. The molecule has 0 saturated carbocycles. The molecule has 0 atom stereocenters. The Balaban J connectivity index is 2.97. The predicted octanol–water partition coefficient (Wildman–Crippen LogP) is 2.18. The van der Waals surface area contributed by atoms with Crippen molar-refractivity contribution < 1.29 is 14.4 Å². The van der Waals surface area contributed by atoms with E-state index in [1.807, 2.05) is 20.8 Å². The number of aryl methyl sites for hydroxylation is 1. The van der Waals surface area contributed by atoms with E-state index in [1.165, 1.54) is 0 Å². The highest BCUT2D eigenvalue weighted by Gasteiger charge is 2.18. The Morgan fingerprint density at radius 3 is 2.65 bits per heavy atom. The lowest BCUT2D eigenvalue weighted by Gasteiger charge is -2.01. The lowest BCUT2D eigenvalue weighted by Crippen LogP contribution is -2.06. The molecule has 0 saturated heterocycles. The van der Waals surface area contributed by atoms with Gasteiger partial charge in [-0.2, -0.15) is 0 Å². The van der Waals surface area contributed by atoms with E-state index in [0.29, 0.717) is 18.8 Å². The van der Waals surface area contributed by atoms with Gasteiger partial charge in [0.25, 0.3) is 0 Å². The summed E-state index contributed by atoms with van der Waals surface area (Å²) in [7, 11) is 0. The third kappa shape index (κ3) is 3.09. The lowest BCUT2D eigenvalue weighted by molar-refractivity contribution is 0.0525. The molecular formula is C12H18N2O3. The van der Waals surface area contributed by atoms with Gasteiger partial charge < -0.3 is 14.6 Å². The first-order valence-electron chi connectivity index (χ1n) is 5.63. The van der Waals surface area contributed by atoms with Gasteiger partial charge in [0.1, 0.15) is 6.61 Å². The molecule has 0 aliphatic heterocycles. The number of aromatic nitrogens is 1. The zero-order valence-electron chi connectivity index (χ0n) is 10.7. The molecule has 0 aliphatic carbocycles. The first-order valence-corrected chi connectivity index (χ1v) is 5.63. The van der Waals surface area contributed by atoms with Crippen molar-refractivity contribution in [1.29, 1.82) is 0 Å². The maximum absolute atomic E-state index is 11.7. The fourth-order valence-corrected chi connectivity index (χ4v) is 1.58. The summed E-state index contributed by atoms with van der Waals surface area (Å²) in [4.78, 5) is 19.7. The molecule has 1 aromatic heterocycles. The molecule has 0 bridgehead atoms. The first-order chi connectivity index (χ1) is 8.11. The molecule has 0 fully saturated rings. The Labute approximate surface area is 101 Å². The molecule has 0 aliphatic rings. The maximum Gasteiger partial charge on any atom is 0.340 e. The van der Waals surface area contributed by atoms with Gasteiger partial charge in [-0.05, 0) is 33.3 Å². The number of hydrogen-bond donors (Lipinski definition) is 1. The third-order valence-electron chi connectivity index (χ3n) is 2.34. The van der Waals surface area contributed by atoms with E-state index in [9.17, 15) is 4.79 Å². The Morgan fingerprint density at radius 2 is 2.06 bits per heavy atom. The quantitative estimate of drug-likeness (QED) is 0.486. The standard InChI is InChI=1S/C12H18N2O3/c1-5-16-12(15)11-8(3)10(14-9(11)4)7-13-17-6-2/h7,14H,5-6H2,1-4H3/b13-7-. The lowest BCUT2D eigenvalue weighted by atomic mass is 10.1. The van der Waals surface area contributed by atoms with Gasteiger partial charge in [0.05, 0.1) is 24.1 Å². The number of hydrogen-bond acceptors (Lipinski definition) is 4. The number of H-pyrrole nitrogens is 1. The Kier molecular flexibility index (Phi) is 4.75. The largest absolute Gasteiger partial charge is 0.462 e. The van der Waals surface area contributed by atoms with Crippen LogP contribution in [-0.2, 0) is 9.57 Å². The minimum absolute atomic E-state index is 0.310. The summed E-state index contributed by atoms with van der Waals surface area (Å²) in [6.07, 6.45) is 1.56. The van der Waals surface area contributed by atoms with Crippen molar-refractivity contribution in [3.8, 4) is 0 Å². The van der Waals surface area contributed by atoms with E-state index >= 15 is 0 Å². The van der Waals surface area contributed by atoms with Gasteiger partial charge in [-0.25, -0.2) is 4.79 Å². The zero-order valence-corrected chi connectivity index (χ0v) is 10.7. The number of aromatic amines is 1. The van der Waals surface area contributed by atoms with Gasteiger partial charge in [0, 0.05) is 5.69 Å². The van der Waals surface area contributed by atoms with E-state index in [4.69, 9.17) is 9.57 Å². The van der Waals surface area contributed by atoms with Crippen LogP contribution in [-0.4, -0.2) is 30.4 Å². The Hall–Kier alpha value is -1.78. The van der Waals surface area contributed by atoms with Gasteiger partial charge >= 0.3 is 5.97 Å². The van der Waals surface area contributed by atoms with E-state index in [2.05, 4.69) is 10.1 Å². The highest BCUT2D eigenvalue weighted by molar-refractivity contribution is 5.95. The first kappa shape index (κ1) is 13.3. The molecule has 0 amide bonds. The number of nitrogens with one attached hydrogen (secondary N) is 1. The Bertz CT molecular complexity index is 422. The predicted molar refractivity (Wildman–Crippen MR) is 65.4 cm³/mol. The van der Waals surface area contributed by atoms with Crippen LogP contribution in [0.15, 0.2) is 5.16 Å². The third-order valence-corrected chi connectivity index (χ3v) is 2.34. The number of carbonyl (C=O) groups is 1. The van der Waals surface area contributed by atoms with Crippen LogP contribution >= 0.6 is 0 Å². The molecular weight excluding hydrogens is 220 g/mol. The molecule has 0 radical (unpaired) electrons. The summed E-state index contributed by atoms with van der Waals surface area (Å²) < 4.78 is 4.99. The number of ether oxygens (including phenoxy) is 1. The van der Waals surface area contributed by atoms with Crippen LogP contribution in [0.2, 0.25) is 0 Å². The fourth-order valence-electron chi connectivity index (χ4n) is 1.58. The molecule has 17 heavy (non-hydrogen) atoms. The molecule has 1 rings (SSSR count). The van der Waals surface area contributed by atoms with Gasteiger partial charge in [-0.1, -0.05) is 5.16 Å². The summed E-state index contributed by atoms with van der Waals surface area (Å²) >= 11 is 0. The molecule has 0 unspecified atom stereocenters. The smallest absolute Gasteiger partial charge is 0.340 e. The van der Waals surface area contributed by atoms with Crippen LogP contribution in [0.5, 0.6) is 0 Å². The minimum atomic E-state index is -0.310. The number of rotatable bonds is 5. The van der Waals surface area contributed by atoms with Crippen molar-refractivity contribution in [1.82, 2.24) is 4.98 Å². The summed E-state index contributed by atoms with van der Waals surface area (Å²) in [5.41, 5.74) is 2.94. The second kappa shape index (κ2) is 6.08. The van der Waals surface area contributed by atoms with Crippen LogP contribution in [0.1, 0.15) is 41.2 Å². The monoisotopic (exact) mass is 238 g/mol. The SMILES string of the molecule is CCO/N=C\c1[nH]c(C)c(C(=O)OCC)c1C. The van der Waals surface area contributed by atoms with E-state index in [-0.39, 0.29) is 5.97 Å². The second-order valence-corrected chi connectivity index (χ2v) is 3.54. The molecule has 1 aromatic rings. The number of nitrogens with zero attached hydrogens (tertiary/aromatic N) is 1. The van der Waals surface area contributed by atoms with Gasteiger partial charge in [-0.15, -0.1) is 0 Å². The van der Waals surface area contributed by atoms with Crippen molar-refractivity contribution in [2.45, 2.75) is 27.7 Å². The molecule has 94 valence electrons. The van der Waals surface area contributed by atoms with E-state index in [0.717, 1.165) is 17.0 Å². The van der Waals surface area contributed by atoms with Gasteiger partial charge in [0.2, 0.25) is 0 Å². The summed E-state index contributed by atoms with van der Waals surface area (Å²) in [5, 5.41) is 3.77. The van der Waals surface area contributed by atoms with Crippen LogP contribution in [0.3, 0.4) is 0 Å². The fraction of sp³-hybridized carbons (Fsp3) is 0.500. The zero-order chi connectivity index (χ0) is 12.8.